The van der Waals surface area contributed by atoms with Crippen molar-refractivity contribution in [1.29, 1.82) is 0 Å². The van der Waals surface area contributed by atoms with Crippen LogP contribution in [0.1, 0.15) is 31.7 Å². The predicted molar refractivity (Wildman–Crippen MR) is 89.8 cm³/mol. The van der Waals surface area contributed by atoms with Crippen LogP contribution in [0.25, 0.3) is 0 Å². The fourth-order valence-corrected chi connectivity index (χ4v) is 3.59. The molecule has 4 heteroatoms. The van der Waals surface area contributed by atoms with Crippen LogP contribution in [0.2, 0.25) is 0 Å². The molecule has 1 N–H and O–H groups in total. The fourth-order valence-electron chi connectivity index (χ4n) is 2.75. The Balaban J connectivity index is 1.70. The van der Waals surface area contributed by atoms with Crippen molar-refractivity contribution < 1.29 is 4.79 Å². The Labute approximate surface area is 132 Å². The van der Waals surface area contributed by atoms with Crippen LogP contribution in [0.15, 0.2) is 29.2 Å². The number of likely N-dealkylation sites (tertiary alicyclic amines) is 1. The summed E-state index contributed by atoms with van der Waals surface area (Å²) in [6.45, 7) is 7.72. The third-order valence-corrected chi connectivity index (χ3v) is 5.12. The number of rotatable bonds is 6. The van der Waals surface area contributed by atoms with Crippen molar-refractivity contribution in [2.75, 3.05) is 25.4 Å². The highest BCUT2D eigenvalue weighted by atomic mass is 32.2. The Morgan fingerprint density at radius 3 is 2.71 bits per heavy atom. The van der Waals surface area contributed by atoms with Gasteiger partial charge in [0.1, 0.15) is 0 Å². The first-order valence-corrected chi connectivity index (χ1v) is 8.87. The zero-order valence-electron chi connectivity index (χ0n) is 13.1. The summed E-state index contributed by atoms with van der Waals surface area (Å²) in [6.07, 6.45) is 3.38. The number of carbonyl (C=O) groups excluding carboxylic acids is 1. The van der Waals surface area contributed by atoms with E-state index in [0.717, 1.165) is 25.9 Å². The number of nitrogens with zero attached hydrogens (tertiary/aromatic N) is 1. The van der Waals surface area contributed by atoms with Crippen LogP contribution < -0.4 is 5.32 Å². The molecule has 0 atom stereocenters. The van der Waals surface area contributed by atoms with E-state index in [2.05, 4.69) is 36.2 Å². The number of aryl methyl sites for hydroxylation is 1. The molecular formula is C17H26N2OS. The third-order valence-electron chi connectivity index (χ3n) is 3.94. The lowest BCUT2D eigenvalue weighted by Gasteiger charge is -2.32. The van der Waals surface area contributed by atoms with Gasteiger partial charge in [0.15, 0.2) is 0 Å². The first-order valence-electron chi connectivity index (χ1n) is 7.89. The Morgan fingerprint density at radius 1 is 1.33 bits per heavy atom. The van der Waals surface area contributed by atoms with E-state index >= 15 is 0 Å². The second kappa shape index (κ2) is 8.44. The smallest absolute Gasteiger partial charge is 0.230 e. The topological polar surface area (TPSA) is 32.3 Å². The monoisotopic (exact) mass is 306 g/mol. The molecule has 0 spiro atoms. The summed E-state index contributed by atoms with van der Waals surface area (Å²) < 4.78 is 0. The summed E-state index contributed by atoms with van der Waals surface area (Å²) in [6, 6.07) is 8.59. The molecule has 0 radical (unpaired) electrons. The molecule has 1 aliphatic rings. The number of thioether (sulfide) groups is 1. The summed E-state index contributed by atoms with van der Waals surface area (Å²) in [5, 5.41) is 3.18. The van der Waals surface area contributed by atoms with Crippen molar-refractivity contribution in [3.63, 3.8) is 0 Å². The SMILES string of the molecule is CCCN1CCC(NC(=O)CSc2ccccc2C)CC1. The van der Waals surface area contributed by atoms with Gasteiger partial charge in [-0.15, -0.1) is 11.8 Å². The minimum Gasteiger partial charge on any atom is -0.353 e. The quantitative estimate of drug-likeness (QED) is 0.820. The minimum atomic E-state index is 0.164. The number of amides is 1. The average Bonchev–Trinajstić information content (AvgIpc) is 2.49. The second-order valence-corrected chi connectivity index (χ2v) is 6.75. The molecule has 0 unspecified atom stereocenters. The summed E-state index contributed by atoms with van der Waals surface area (Å²) in [5.41, 5.74) is 1.24. The second-order valence-electron chi connectivity index (χ2n) is 5.74. The molecule has 1 fully saturated rings. The number of piperidine rings is 1. The van der Waals surface area contributed by atoms with Gasteiger partial charge in [0, 0.05) is 24.0 Å². The van der Waals surface area contributed by atoms with Crippen molar-refractivity contribution in [3.05, 3.63) is 29.8 Å². The Bertz CT molecular complexity index is 456. The van der Waals surface area contributed by atoms with Crippen LogP contribution in [0.3, 0.4) is 0 Å². The highest BCUT2D eigenvalue weighted by Gasteiger charge is 2.19. The fraction of sp³-hybridized carbons (Fsp3) is 0.588. The van der Waals surface area contributed by atoms with Crippen molar-refractivity contribution in [1.82, 2.24) is 10.2 Å². The van der Waals surface area contributed by atoms with Gasteiger partial charge in [-0.1, -0.05) is 25.1 Å². The van der Waals surface area contributed by atoms with Gasteiger partial charge in [-0.2, -0.15) is 0 Å². The molecule has 2 rings (SSSR count). The van der Waals surface area contributed by atoms with Crippen molar-refractivity contribution in [3.8, 4) is 0 Å². The van der Waals surface area contributed by atoms with E-state index in [1.165, 1.54) is 23.4 Å². The van der Waals surface area contributed by atoms with Crippen LogP contribution >= 0.6 is 11.8 Å². The molecule has 1 aliphatic heterocycles. The van der Waals surface area contributed by atoms with Gasteiger partial charge in [0.25, 0.3) is 0 Å². The normalized spacial score (nSPS) is 16.9. The summed E-state index contributed by atoms with van der Waals surface area (Å²) in [5.74, 6) is 0.678. The standard InChI is InChI=1S/C17H26N2OS/c1-3-10-19-11-8-15(9-12-19)18-17(20)13-21-16-7-5-4-6-14(16)2/h4-7,15H,3,8-13H2,1-2H3,(H,18,20). The maximum absolute atomic E-state index is 12.1. The molecule has 1 heterocycles. The van der Waals surface area contributed by atoms with E-state index in [-0.39, 0.29) is 5.91 Å². The molecule has 0 aromatic heterocycles. The maximum Gasteiger partial charge on any atom is 0.230 e. The zero-order valence-corrected chi connectivity index (χ0v) is 13.9. The van der Waals surface area contributed by atoms with Gasteiger partial charge in [0.05, 0.1) is 5.75 Å². The van der Waals surface area contributed by atoms with Crippen LogP contribution in [-0.4, -0.2) is 42.2 Å². The molecular weight excluding hydrogens is 280 g/mol. The van der Waals surface area contributed by atoms with Gasteiger partial charge in [-0.3, -0.25) is 4.79 Å². The lowest BCUT2D eigenvalue weighted by atomic mass is 10.1. The van der Waals surface area contributed by atoms with E-state index in [9.17, 15) is 4.79 Å². The highest BCUT2D eigenvalue weighted by Crippen LogP contribution is 2.21. The van der Waals surface area contributed by atoms with Gasteiger partial charge in [-0.25, -0.2) is 0 Å². The number of hydrogen-bond donors (Lipinski definition) is 1. The molecule has 1 saturated heterocycles. The largest absolute Gasteiger partial charge is 0.353 e. The Hall–Kier alpha value is -1.00. The van der Waals surface area contributed by atoms with Crippen molar-refractivity contribution in [2.24, 2.45) is 0 Å². The van der Waals surface area contributed by atoms with E-state index in [1.54, 1.807) is 11.8 Å². The van der Waals surface area contributed by atoms with E-state index in [4.69, 9.17) is 0 Å². The molecule has 3 nitrogen and oxygen atoms in total. The van der Waals surface area contributed by atoms with Crippen molar-refractivity contribution in [2.45, 2.75) is 44.0 Å². The predicted octanol–water partition coefficient (Wildman–Crippen LogP) is 3.08. The molecule has 1 amide bonds. The summed E-state index contributed by atoms with van der Waals surface area (Å²) in [7, 11) is 0. The summed E-state index contributed by atoms with van der Waals surface area (Å²) in [4.78, 5) is 15.7. The third kappa shape index (κ3) is 5.36. The first-order chi connectivity index (χ1) is 10.2. The lowest BCUT2D eigenvalue weighted by Crippen LogP contribution is -2.45. The van der Waals surface area contributed by atoms with Crippen LogP contribution in [0, 0.1) is 6.92 Å². The number of nitrogens with one attached hydrogen (secondary N) is 1. The van der Waals surface area contributed by atoms with E-state index in [0.29, 0.717) is 11.8 Å². The van der Waals surface area contributed by atoms with Gasteiger partial charge in [-0.05, 0) is 44.4 Å². The number of hydrogen-bond acceptors (Lipinski definition) is 3. The first kappa shape index (κ1) is 16.4. The molecule has 0 aliphatic carbocycles. The molecule has 116 valence electrons. The van der Waals surface area contributed by atoms with Crippen LogP contribution in [0.5, 0.6) is 0 Å². The number of benzene rings is 1. The van der Waals surface area contributed by atoms with Gasteiger partial charge >= 0.3 is 0 Å². The molecule has 21 heavy (non-hydrogen) atoms. The average molecular weight is 306 g/mol. The molecule has 1 aromatic rings. The van der Waals surface area contributed by atoms with Crippen LogP contribution in [-0.2, 0) is 4.79 Å². The molecule has 0 bridgehead atoms. The zero-order chi connectivity index (χ0) is 15.1. The number of carbonyl (C=O) groups is 1. The van der Waals surface area contributed by atoms with Gasteiger partial charge < -0.3 is 10.2 Å². The van der Waals surface area contributed by atoms with E-state index in [1.807, 2.05) is 12.1 Å². The Kier molecular flexibility index (Phi) is 6.58. The molecule has 0 saturated carbocycles. The maximum atomic E-state index is 12.1. The lowest BCUT2D eigenvalue weighted by molar-refractivity contribution is -0.119. The van der Waals surface area contributed by atoms with E-state index < -0.39 is 0 Å². The Morgan fingerprint density at radius 2 is 2.05 bits per heavy atom. The van der Waals surface area contributed by atoms with Crippen molar-refractivity contribution >= 4 is 17.7 Å². The molecule has 1 aromatic carbocycles. The van der Waals surface area contributed by atoms with Crippen LogP contribution in [0.4, 0.5) is 0 Å². The van der Waals surface area contributed by atoms with Gasteiger partial charge in [0.2, 0.25) is 5.91 Å². The highest BCUT2D eigenvalue weighted by molar-refractivity contribution is 8.00. The summed E-state index contributed by atoms with van der Waals surface area (Å²) >= 11 is 1.63. The minimum absolute atomic E-state index is 0.164.